The quantitative estimate of drug-likeness (QED) is 0.831. The highest BCUT2D eigenvalue weighted by molar-refractivity contribution is 7.10. The molecule has 3 nitrogen and oxygen atoms in total. The van der Waals surface area contributed by atoms with Gasteiger partial charge in [-0.15, -0.1) is 11.3 Å². The third-order valence-corrected chi connectivity index (χ3v) is 7.94. The zero-order chi connectivity index (χ0) is 16.8. The number of hydrogen-bond acceptors (Lipinski definition) is 3. The van der Waals surface area contributed by atoms with Crippen LogP contribution >= 0.6 is 11.3 Å². The van der Waals surface area contributed by atoms with Gasteiger partial charge in [0.05, 0.1) is 5.56 Å². The van der Waals surface area contributed by atoms with Gasteiger partial charge in [-0.1, -0.05) is 0 Å². The average molecular weight is 347 g/mol. The maximum absolute atomic E-state index is 13.1. The molecule has 3 aliphatic carbocycles. The molecule has 0 spiro atoms. The highest BCUT2D eigenvalue weighted by Gasteiger charge is 2.44. The van der Waals surface area contributed by atoms with E-state index in [0.29, 0.717) is 6.04 Å². The molecule has 1 heterocycles. The minimum absolute atomic E-state index is 0.281. The Balaban J connectivity index is 1.43. The number of fused-ring (bicyclic) bond motifs is 2. The number of carbonyl (C=O) groups is 1. The summed E-state index contributed by atoms with van der Waals surface area (Å²) in [6, 6.07) is 1.21. The molecular weight excluding hydrogens is 316 g/mol. The molecule has 2 unspecified atom stereocenters. The van der Waals surface area contributed by atoms with Crippen LogP contribution in [0.5, 0.6) is 0 Å². The van der Waals surface area contributed by atoms with Crippen LogP contribution in [0.25, 0.3) is 0 Å². The van der Waals surface area contributed by atoms with Gasteiger partial charge in [-0.25, -0.2) is 0 Å². The molecule has 4 heteroatoms. The molecule has 3 aliphatic rings. The van der Waals surface area contributed by atoms with Crippen LogP contribution in [-0.4, -0.2) is 48.9 Å². The van der Waals surface area contributed by atoms with E-state index in [9.17, 15) is 4.79 Å². The van der Waals surface area contributed by atoms with Crippen LogP contribution in [-0.2, 0) is 12.8 Å². The van der Waals surface area contributed by atoms with Crippen LogP contribution in [0.2, 0.25) is 0 Å². The molecule has 1 aromatic rings. The van der Waals surface area contributed by atoms with Crippen LogP contribution in [0, 0.1) is 11.8 Å². The molecule has 24 heavy (non-hydrogen) atoms. The second-order valence-corrected chi connectivity index (χ2v) is 9.37. The van der Waals surface area contributed by atoms with Gasteiger partial charge in [0.2, 0.25) is 0 Å². The van der Waals surface area contributed by atoms with Crippen molar-refractivity contribution in [3.05, 3.63) is 21.4 Å². The van der Waals surface area contributed by atoms with Crippen molar-refractivity contribution < 1.29 is 4.79 Å². The Morgan fingerprint density at radius 1 is 1.00 bits per heavy atom. The maximum atomic E-state index is 13.1. The number of aryl methyl sites for hydroxylation is 1. The fraction of sp³-hybridized carbons (Fsp3) is 0.750. The number of amides is 1. The van der Waals surface area contributed by atoms with E-state index in [4.69, 9.17) is 0 Å². The Morgan fingerprint density at radius 2 is 1.62 bits per heavy atom. The summed E-state index contributed by atoms with van der Waals surface area (Å²) >= 11 is 1.81. The molecule has 4 atom stereocenters. The van der Waals surface area contributed by atoms with Gasteiger partial charge in [0, 0.05) is 29.4 Å². The fourth-order valence-corrected chi connectivity index (χ4v) is 6.44. The van der Waals surface area contributed by atoms with Crippen molar-refractivity contribution in [3.8, 4) is 0 Å². The average Bonchev–Trinajstić information content (AvgIpc) is 3.25. The van der Waals surface area contributed by atoms with Crippen molar-refractivity contribution in [3.63, 3.8) is 0 Å². The van der Waals surface area contributed by atoms with Gasteiger partial charge in [-0.3, -0.25) is 4.79 Å². The molecule has 0 aromatic carbocycles. The normalized spacial score (nSPS) is 32.0. The van der Waals surface area contributed by atoms with Crippen LogP contribution in [0.15, 0.2) is 5.38 Å². The van der Waals surface area contributed by atoms with E-state index < -0.39 is 0 Å². The predicted octanol–water partition coefficient (Wildman–Crippen LogP) is 3.82. The molecule has 0 bridgehead atoms. The Kier molecular flexibility index (Phi) is 4.46. The molecule has 1 aromatic heterocycles. The van der Waals surface area contributed by atoms with Crippen molar-refractivity contribution in [2.75, 3.05) is 21.1 Å². The number of hydrogen-bond donors (Lipinski definition) is 0. The molecular formula is C20H30N2OS. The summed E-state index contributed by atoms with van der Waals surface area (Å²) in [6.45, 7) is 0. The first-order chi connectivity index (χ1) is 11.5. The summed E-state index contributed by atoms with van der Waals surface area (Å²) in [5.74, 6) is 1.94. The van der Waals surface area contributed by atoms with E-state index in [0.717, 1.165) is 29.9 Å². The first kappa shape index (κ1) is 16.6. The summed E-state index contributed by atoms with van der Waals surface area (Å²) in [6.07, 6.45) is 9.88. The lowest BCUT2D eigenvalue weighted by Crippen LogP contribution is -2.36. The summed E-state index contributed by atoms with van der Waals surface area (Å²) in [4.78, 5) is 19.0. The second kappa shape index (κ2) is 6.45. The summed E-state index contributed by atoms with van der Waals surface area (Å²) < 4.78 is 0. The summed E-state index contributed by atoms with van der Waals surface area (Å²) in [7, 11) is 6.46. The molecule has 0 N–H and O–H groups in total. The Bertz CT molecular complexity index is 609. The molecule has 4 rings (SSSR count). The van der Waals surface area contributed by atoms with E-state index in [2.05, 4.69) is 29.3 Å². The minimum Gasteiger partial charge on any atom is -0.339 e. The number of rotatable bonds is 3. The molecule has 0 aliphatic heterocycles. The van der Waals surface area contributed by atoms with Crippen molar-refractivity contribution in [1.82, 2.24) is 9.80 Å². The van der Waals surface area contributed by atoms with Crippen LogP contribution in [0.1, 0.15) is 59.3 Å². The topological polar surface area (TPSA) is 23.6 Å². The number of thiophene rings is 1. The van der Waals surface area contributed by atoms with E-state index in [-0.39, 0.29) is 5.91 Å². The first-order valence-corrected chi connectivity index (χ1v) is 10.5. The highest BCUT2D eigenvalue weighted by Crippen LogP contribution is 2.46. The van der Waals surface area contributed by atoms with Gasteiger partial charge in [-0.2, -0.15) is 0 Å². The third-order valence-electron chi connectivity index (χ3n) is 6.86. The molecule has 0 saturated heterocycles. The summed E-state index contributed by atoms with van der Waals surface area (Å²) in [5, 5.41) is 2.13. The van der Waals surface area contributed by atoms with Crippen molar-refractivity contribution >= 4 is 17.2 Å². The van der Waals surface area contributed by atoms with Gasteiger partial charge < -0.3 is 9.80 Å². The Morgan fingerprint density at radius 3 is 2.29 bits per heavy atom. The SMILES string of the molecule is CN(C)C1C[C@@H]2CC(N(C)C(=O)c3csc4c3CCCC4)C[C@@H]2C1. The predicted molar refractivity (Wildman–Crippen MR) is 99.8 cm³/mol. The smallest absolute Gasteiger partial charge is 0.254 e. The lowest BCUT2D eigenvalue weighted by molar-refractivity contribution is 0.0725. The Hall–Kier alpha value is -0.870. The third kappa shape index (κ3) is 2.82. The van der Waals surface area contributed by atoms with Crippen LogP contribution in [0.4, 0.5) is 0 Å². The van der Waals surface area contributed by atoms with E-state index >= 15 is 0 Å². The Labute approximate surface area is 150 Å². The summed E-state index contributed by atoms with van der Waals surface area (Å²) in [5.41, 5.74) is 2.38. The van der Waals surface area contributed by atoms with Crippen molar-refractivity contribution in [2.24, 2.45) is 11.8 Å². The molecule has 0 radical (unpaired) electrons. The van der Waals surface area contributed by atoms with Gasteiger partial charge in [0.25, 0.3) is 5.91 Å². The van der Waals surface area contributed by atoms with Crippen LogP contribution < -0.4 is 0 Å². The lowest BCUT2D eigenvalue weighted by atomic mass is 9.95. The molecule has 2 saturated carbocycles. The van der Waals surface area contributed by atoms with E-state index in [1.807, 2.05) is 18.4 Å². The monoisotopic (exact) mass is 346 g/mol. The highest BCUT2D eigenvalue weighted by atomic mass is 32.1. The van der Waals surface area contributed by atoms with E-state index in [1.54, 1.807) is 0 Å². The lowest BCUT2D eigenvalue weighted by Gasteiger charge is -2.27. The van der Waals surface area contributed by atoms with Gasteiger partial charge >= 0.3 is 0 Å². The number of carbonyl (C=O) groups excluding carboxylic acids is 1. The fourth-order valence-electron chi connectivity index (χ4n) is 5.32. The molecule has 1 amide bonds. The largest absolute Gasteiger partial charge is 0.339 e. The first-order valence-electron chi connectivity index (χ1n) is 9.57. The molecule has 2 fully saturated rings. The van der Waals surface area contributed by atoms with Gasteiger partial charge in [-0.05, 0) is 82.9 Å². The van der Waals surface area contributed by atoms with Crippen molar-refractivity contribution in [2.45, 2.75) is 63.5 Å². The standard InChI is InChI=1S/C20H30N2OS/c1-21(2)15-8-13-10-16(11-14(13)9-15)22(3)20(23)18-12-24-19-7-5-4-6-17(18)19/h12-16H,4-11H2,1-3H3/t13-,14+,15?,16?. The van der Waals surface area contributed by atoms with Gasteiger partial charge in [0.1, 0.15) is 0 Å². The second-order valence-electron chi connectivity index (χ2n) is 8.41. The zero-order valence-electron chi connectivity index (χ0n) is 15.3. The minimum atomic E-state index is 0.281. The zero-order valence-corrected chi connectivity index (χ0v) is 16.1. The van der Waals surface area contributed by atoms with Crippen LogP contribution in [0.3, 0.4) is 0 Å². The van der Waals surface area contributed by atoms with Gasteiger partial charge in [0.15, 0.2) is 0 Å². The maximum Gasteiger partial charge on any atom is 0.254 e. The molecule has 132 valence electrons. The number of nitrogens with zero attached hydrogens (tertiary/aromatic N) is 2. The van der Waals surface area contributed by atoms with Crippen molar-refractivity contribution in [1.29, 1.82) is 0 Å². The van der Waals surface area contributed by atoms with E-state index in [1.165, 1.54) is 55.4 Å².